The van der Waals surface area contributed by atoms with Gasteiger partial charge in [0, 0.05) is 6.20 Å². The lowest BCUT2D eigenvalue weighted by molar-refractivity contribution is 0.911. The smallest absolute Gasteiger partial charge is 0.175 e. The summed E-state index contributed by atoms with van der Waals surface area (Å²) in [6, 6.07) is 0. The minimum atomic E-state index is 0.454. The largest absolute Gasteiger partial charge is 0.220 e. The molecule has 0 N–H and O–H groups in total. The quantitative estimate of drug-likeness (QED) is 0.550. The van der Waals surface area contributed by atoms with Crippen LogP contribution in [-0.2, 0) is 0 Å². The summed E-state index contributed by atoms with van der Waals surface area (Å²) in [4.78, 5) is 4.12. The lowest BCUT2D eigenvalue weighted by Gasteiger charge is -1.96. The van der Waals surface area contributed by atoms with Crippen molar-refractivity contribution in [3.8, 4) is 0 Å². The highest BCUT2D eigenvalue weighted by Gasteiger charge is 2.10. The summed E-state index contributed by atoms with van der Waals surface area (Å²) in [7, 11) is 0. The molecule has 0 aliphatic heterocycles. The minimum absolute atomic E-state index is 0.454. The number of nitrogens with zero attached hydrogens (tertiary/aromatic N) is 3. The summed E-state index contributed by atoms with van der Waals surface area (Å²) < 4.78 is 2.48. The zero-order chi connectivity index (χ0) is 9.59. The molecular formula is C7H4Cl2IN3. The maximum atomic E-state index is 5.96. The molecular weight excluding hydrogens is 324 g/mol. The molecule has 2 aromatic rings. The van der Waals surface area contributed by atoms with Crippen LogP contribution in [0, 0.1) is 10.5 Å². The van der Waals surface area contributed by atoms with Gasteiger partial charge in [-0.05, 0) is 29.5 Å². The highest BCUT2D eigenvalue weighted by Crippen LogP contribution is 2.23. The Morgan fingerprint density at radius 3 is 2.85 bits per heavy atom. The Labute approximate surface area is 98.2 Å². The Morgan fingerprint density at radius 2 is 2.15 bits per heavy atom. The fourth-order valence-electron chi connectivity index (χ4n) is 1.01. The van der Waals surface area contributed by atoms with Crippen LogP contribution in [0.3, 0.4) is 0 Å². The van der Waals surface area contributed by atoms with E-state index in [1.807, 2.05) is 6.92 Å². The number of aromatic nitrogens is 3. The lowest BCUT2D eigenvalue weighted by atomic mass is 10.5. The van der Waals surface area contributed by atoms with Crippen LogP contribution in [0.1, 0.15) is 5.69 Å². The van der Waals surface area contributed by atoms with Crippen LogP contribution in [0.5, 0.6) is 0 Å². The first-order valence-electron chi connectivity index (χ1n) is 3.46. The van der Waals surface area contributed by atoms with E-state index >= 15 is 0 Å². The van der Waals surface area contributed by atoms with Crippen LogP contribution in [0.2, 0.25) is 10.2 Å². The third-order valence-electron chi connectivity index (χ3n) is 1.63. The van der Waals surface area contributed by atoms with Gasteiger partial charge in [-0.1, -0.05) is 23.2 Å². The van der Waals surface area contributed by atoms with Gasteiger partial charge in [-0.15, -0.1) is 0 Å². The zero-order valence-corrected chi connectivity index (χ0v) is 10.2. The Kier molecular flexibility index (Phi) is 2.37. The molecule has 0 saturated heterocycles. The van der Waals surface area contributed by atoms with Crippen LogP contribution >= 0.6 is 45.8 Å². The molecule has 0 aromatic carbocycles. The third kappa shape index (κ3) is 1.51. The topological polar surface area (TPSA) is 30.2 Å². The molecule has 2 rings (SSSR count). The van der Waals surface area contributed by atoms with Crippen molar-refractivity contribution in [2.24, 2.45) is 0 Å². The van der Waals surface area contributed by atoms with Gasteiger partial charge in [0.1, 0.15) is 10.2 Å². The fraction of sp³-hybridized carbons (Fsp3) is 0.143. The van der Waals surface area contributed by atoms with E-state index in [0.29, 0.717) is 15.8 Å². The van der Waals surface area contributed by atoms with Crippen molar-refractivity contribution in [2.75, 3.05) is 0 Å². The number of rotatable bonds is 0. The van der Waals surface area contributed by atoms with Crippen molar-refractivity contribution in [3.05, 3.63) is 25.6 Å². The average molecular weight is 328 g/mol. The first-order valence-corrected chi connectivity index (χ1v) is 5.29. The molecule has 6 heteroatoms. The van der Waals surface area contributed by atoms with E-state index in [1.54, 1.807) is 10.7 Å². The summed E-state index contributed by atoms with van der Waals surface area (Å²) in [5.41, 5.74) is 1.36. The standard InChI is InChI=1S/C7H4Cl2IN3/c1-3-5(8)7-11-6(9)4(10)2-13(7)12-3/h2H,1H3. The molecule has 13 heavy (non-hydrogen) atoms. The second-order valence-electron chi connectivity index (χ2n) is 2.55. The van der Waals surface area contributed by atoms with Crippen LogP contribution in [0.4, 0.5) is 0 Å². The van der Waals surface area contributed by atoms with Gasteiger partial charge in [-0.25, -0.2) is 9.50 Å². The number of aryl methyl sites for hydroxylation is 1. The number of hydrogen-bond donors (Lipinski definition) is 0. The first-order chi connectivity index (χ1) is 6.09. The predicted octanol–water partition coefficient (Wildman–Crippen LogP) is 2.95. The van der Waals surface area contributed by atoms with Gasteiger partial charge in [-0.2, -0.15) is 5.10 Å². The Bertz CT molecular complexity index is 480. The van der Waals surface area contributed by atoms with Gasteiger partial charge in [0.15, 0.2) is 5.65 Å². The Balaban J connectivity index is 2.89. The molecule has 0 unspecified atom stereocenters. The SMILES string of the molecule is Cc1nn2cc(I)c(Cl)nc2c1Cl. The van der Waals surface area contributed by atoms with E-state index < -0.39 is 0 Å². The average Bonchev–Trinajstić information content (AvgIpc) is 2.32. The summed E-state index contributed by atoms with van der Waals surface area (Å²) in [6.45, 7) is 1.83. The van der Waals surface area contributed by atoms with Crippen LogP contribution < -0.4 is 0 Å². The maximum Gasteiger partial charge on any atom is 0.175 e. The summed E-state index contributed by atoms with van der Waals surface area (Å²) in [5.74, 6) is 0. The second-order valence-corrected chi connectivity index (χ2v) is 4.45. The van der Waals surface area contributed by atoms with E-state index in [2.05, 4.69) is 32.7 Å². The molecule has 0 spiro atoms. The molecule has 2 heterocycles. The minimum Gasteiger partial charge on any atom is -0.220 e. The van der Waals surface area contributed by atoms with Crippen LogP contribution in [-0.4, -0.2) is 14.6 Å². The van der Waals surface area contributed by atoms with E-state index in [-0.39, 0.29) is 0 Å². The number of fused-ring (bicyclic) bond motifs is 1. The monoisotopic (exact) mass is 327 g/mol. The molecule has 0 bridgehead atoms. The molecule has 0 saturated carbocycles. The molecule has 2 aromatic heterocycles. The molecule has 0 atom stereocenters. The van der Waals surface area contributed by atoms with Crippen molar-refractivity contribution in [2.45, 2.75) is 6.92 Å². The highest BCUT2D eigenvalue weighted by molar-refractivity contribution is 14.1. The van der Waals surface area contributed by atoms with Gasteiger partial charge >= 0.3 is 0 Å². The summed E-state index contributed by atoms with van der Waals surface area (Å²) in [6.07, 6.45) is 1.80. The molecule has 0 radical (unpaired) electrons. The van der Waals surface area contributed by atoms with Crippen molar-refractivity contribution >= 4 is 51.4 Å². The van der Waals surface area contributed by atoms with Gasteiger partial charge in [0.25, 0.3) is 0 Å². The molecule has 3 nitrogen and oxygen atoms in total. The fourth-order valence-corrected chi connectivity index (χ4v) is 1.69. The van der Waals surface area contributed by atoms with Crippen molar-refractivity contribution < 1.29 is 0 Å². The highest BCUT2D eigenvalue weighted by atomic mass is 127. The van der Waals surface area contributed by atoms with E-state index in [4.69, 9.17) is 23.2 Å². The van der Waals surface area contributed by atoms with E-state index in [0.717, 1.165) is 9.26 Å². The first kappa shape index (κ1) is 9.48. The van der Waals surface area contributed by atoms with E-state index in [9.17, 15) is 0 Å². The van der Waals surface area contributed by atoms with Crippen molar-refractivity contribution in [3.63, 3.8) is 0 Å². The third-order valence-corrected chi connectivity index (χ3v) is 3.46. The predicted molar refractivity (Wildman–Crippen MR) is 60.5 cm³/mol. The number of hydrogen-bond acceptors (Lipinski definition) is 2. The number of halogens is 3. The van der Waals surface area contributed by atoms with Gasteiger partial charge in [0.05, 0.1) is 9.26 Å². The van der Waals surface area contributed by atoms with Gasteiger partial charge in [-0.3, -0.25) is 0 Å². The summed E-state index contributed by atoms with van der Waals surface area (Å²) in [5, 5.41) is 5.18. The molecule has 0 fully saturated rings. The molecule has 0 aliphatic carbocycles. The molecule has 68 valence electrons. The van der Waals surface area contributed by atoms with Gasteiger partial charge < -0.3 is 0 Å². The Morgan fingerprint density at radius 1 is 1.46 bits per heavy atom. The summed E-state index contributed by atoms with van der Waals surface area (Å²) >= 11 is 13.9. The zero-order valence-electron chi connectivity index (χ0n) is 6.55. The second kappa shape index (κ2) is 3.25. The normalized spacial score (nSPS) is 11.1. The van der Waals surface area contributed by atoms with E-state index in [1.165, 1.54) is 0 Å². The van der Waals surface area contributed by atoms with Crippen LogP contribution in [0.25, 0.3) is 5.65 Å². The van der Waals surface area contributed by atoms with Crippen molar-refractivity contribution in [1.82, 2.24) is 14.6 Å². The van der Waals surface area contributed by atoms with Crippen molar-refractivity contribution in [1.29, 1.82) is 0 Å². The maximum absolute atomic E-state index is 5.96. The molecule has 0 aliphatic rings. The Hall–Kier alpha value is -0.0700. The van der Waals surface area contributed by atoms with Gasteiger partial charge in [0.2, 0.25) is 0 Å². The lowest BCUT2D eigenvalue weighted by Crippen LogP contribution is -1.92. The van der Waals surface area contributed by atoms with Crippen LogP contribution in [0.15, 0.2) is 6.20 Å². The molecule has 0 amide bonds.